The molecule has 0 radical (unpaired) electrons. The highest BCUT2D eigenvalue weighted by Gasteiger charge is 2.22. The Morgan fingerprint density at radius 3 is 2.63 bits per heavy atom. The van der Waals surface area contributed by atoms with Crippen molar-refractivity contribution in [2.45, 2.75) is 19.9 Å². The highest BCUT2D eigenvalue weighted by atomic mass is 16.5. The van der Waals surface area contributed by atoms with Gasteiger partial charge in [-0.15, -0.1) is 0 Å². The zero-order chi connectivity index (χ0) is 13.4. The van der Waals surface area contributed by atoms with Gasteiger partial charge in [0, 0.05) is 5.70 Å². The molecule has 5 heteroatoms. The van der Waals surface area contributed by atoms with Crippen molar-refractivity contribution in [2.24, 2.45) is 0 Å². The van der Waals surface area contributed by atoms with Crippen molar-refractivity contribution in [3.8, 4) is 5.75 Å². The lowest BCUT2D eigenvalue weighted by Gasteiger charge is -2.22. The van der Waals surface area contributed by atoms with E-state index in [-0.39, 0.29) is 6.04 Å². The Kier molecular flexibility index (Phi) is 2.74. The highest BCUT2D eigenvalue weighted by Crippen LogP contribution is 2.29. The number of allylic oxidation sites excluding steroid dienone is 2. The lowest BCUT2D eigenvalue weighted by Crippen LogP contribution is -2.19. The molecule has 1 atom stereocenters. The predicted molar refractivity (Wildman–Crippen MR) is 73.3 cm³/mol. The Balaban J connectivity index is 2.04. The summed E-state index contributed by atoms with van der Waals surface area (Å²) in [5.74, 6) is 2.41. The summed E-state index contributed by atoms with van der Waals surface area (Å²) in [5.41, 5.74) is 2.24. The fourth-order valence-electron chi connectivity index (χ4n) is 2.27. The van der Waals surface area contributed by atoms with Crippen LogP contribution in [0.25, 0.3) is 0 Å². The van der Waals surface area contributed by atoms with Crippen LogP contribution in [0, 0.1) is 6.92 Å². The van der Waals surface area contributed by atoms with Gasteiger partial charge in [0.15, 0.2) is 0 Å². The molecule has 2 heterocycles. The summed E-state index contributed by atoms with van der Waals surface area (Å²) in [4.78, 5) is 4.39. The topological polar surface area (TPSA) is 52.0 Å². The number of methoxy groups -OCH3 is 1. The Morgan fingerprint density at radius 2 is 1.95 bits per heavy atom. The minimum Gasteiger partial charge on any atom is -0.497 e. The Morgan fingerprint density at radius 1 is 1.21 bits per heavy atom. The number of nitrogens with zero attached hydrogens (tertiary/aromatic N) is 3. The molecule has 1 aliphatic rings. The minimum absolute atomic E-state index is 0.0726. The van der Waals surface area contributed by atoms with Gasteiger partial charge < -0.3 is 10.1 Å². The minimum atomic E-state index is 0.0726. The van der Waals surface area contributed by atoms with Gasteiger partial charge in [-0.1, -0.05) is 12.1 Å². The summed E-state index contributed by atoms with van der Waals surface area (Å²) in [5, 5.41) is 7.68. The van der Waals surface area contributed by atoms with Gasteiger partial charge in [0.2, 0.25) is 5.95 Å². The molecule has 0 fully saturated rings. The van der Waals surface area contributed by atoms with Gasteiger partial charge in [-0.3, -0.25) is 0 Å². The van der Waals surface area contributed by atoms with Crippen LogP contribution in [0.2, 0.25) is 0 Å². The van der Waals surface area contributed by atoms with Crippen LogP contribution in [0.1, 0.15) is 24.4 Å². The maximum atomic E-state index is 5.19. The van der Waals surface area contributed by atoms with E-state index >= 15 is 0 Å². The second-order valence-electron chi connectivity index (χ2n) is 4.62. The van der Waals surface area contributed by atoms with Crippen LogP contribution in [0.3, 0.4) is 0 Å². The van der Waals surface area contributed by atoms with E-state index in [2.05, 4.69) is 33.6 Å². The molecule has 0 saturated heterocycles. The fraction of sp³-hybridized carbons (Fsp3) is 0.286. The van der Waals surface area contributed by atoms with Gasteiger partial charge in [-0.25, -0.2) is 4.68 Å². The van der Waals surface area contributed by atoms with E-state index in [9.17, 15) is 0 Å². The maximum absolute atomic E-state index is 5.19. The number of hydrogen-bond acceptors (Lipinski definition) is 4. The first-order chi connectivity index (χ1) is 9.17. The number of aromatic nitrogens is 3. The van der Waals surface area contributed by atoms with E-state index in [1.54, 1.807) is 7.11 Å². The molecule has 0 amide bonds. The summed E-state index contributed by atoms with van der Waals surface area (Å²) in [6, 6.07) is 8.11. The number of ether oxygens (including phenoxy) is 1. The second kappa shape index (κ2) is 4.42. The first kappa shape index (κ1) is 11.8. The third kappa shape index (κ3) is 2.07. The van der Waals surface area contributed by atoms with Crippen molar-refractivity contribution in [3.63, 3.8) is 0 Å². The molecule has 0 aliphatic carbocycles. The lowest BCUT2D eigenvalue weighted by atomic mass is 10.0. The summed E-state index contributed by atoms with van der Waals surface area (Å²) >= 11 is 0. The molecule has 3 rings (SSSR count). The van der Waals surface area contributed by atoms with Crippen molar-refractivity contribution in [1.29, 1.82) is 0 Å². The smallest absolute Gasteiger partial charge is 0.226 e. The molecule has 98 valence electrons. The maximum Gasteiger partial charge on any atom is 0.226 e. The molecule has 1 aromatic carbocycles. The van der Waals surface area contributed by atoms with Gasteiger partial charge in [0.25, 0.3) is 0 Å². The van der Waals surface area contributed by atoms with E-state index in [0.29, 0.717) is 0 Å². The van der Waals surface area contributed by atoms with E-state index in [1.165, 1.54) is 0 Å². The van der Waals surface area contributed by atoms with Crippen LogP contribution in [0.4, 0.5) is 5.95 Å². The molecule has 2 aromatic rings. The average Bonchev–Trinajstić information content (AvgIpc) is 2.78. The van der Waals surface area contributed by atoms with Crippen molar-refractivity contribution in [3.05, 3.63) is 47.4 Å². The monoisotopic (exact) mass is 256 g/mol. The SMILES string of the molecule is COc1ccc([C@@H]2C=C(C)Nc3nc(C)nn32)cc1. The summed E-state index contributed by atoms with van der Waals surface area (Å²) in [6.07, 6.45) is 2.14. The lowest BCUT2D eigenvalue weighted by molar-refractivity contribution is 0.414. The zero-order valence-corrected chi connectivity index (χ0v) is 11.2. The Bertz CT molecular complexity index is 627. The van der Waals surface area contributed by atoms with Gasteiger partial charge in [0.05, 0.1) is 7.11 Å². The quantitative estimate of drug-likeness (QED) is 0.897. The molecule has 1 N–H and O–H groups in total. The van der Waals surface area contributed by atoms with Gasteiger partial charge in [0.1, 0.15) is 17.6 Å². The third-order valence-electron chi connectivity index (χ3n) is 3.17. The number of benzene rings is 1. The standard InChI is InChI=1S/C14H16N4O/c1-9-8-13(11-4-6-12(19-3)7-5-11)18-14(15-9)16-10(2)17-18/h4-8,13H,1-3H3,(H,15,16,17)/t13-/m0/s1. The van der Waals surface area contributed by atoms with Crippen LogP contribution in [-0.4, -0.2) is 21.9 Å². The van der Waals surface area contributed by atoms with Crippen LogP contribution in [0.15, 0.2) is 36.0 Å². The molecule has 0 unspecified atom stereocenters. The Labute approximate surface area is 111 Å². The number of anilines is 1. The van der Waals surface area contributed by atoms with E-state index in [1.807, 2.05) is 30.7 Å². The summed E-state index contributed by atoms with van der Waals surface area (Å²) in [7, 11) is 1.67. The second-order valence-corrected chi connectivity index (χ2v) is 4.62. The van der Waals surface area contributed by atoms with E-state index in [4.69, 9.17) is 4.74 Å². The van der Waals surface area contributed by atoms with Crippen LogP contribution >= 0.6 is 0 Å². The number of fused-ring (bicyclic) bond motifs is 1. The first-order valence-corrected chi connectivity index (χ1v) is 6.20. The van der Waals surface area contributed by atoms with Crippen LogP contribution in [0.5, 0.6) is 5.75 Å². The molecule has 5 nitrogen and oxygen atoms in total. The summed E-state index contributed by atoms with van der Waals surface area (Å²) in [6.45, 7) is 3.93. The molecule has 1 aliphatic heterocycles. The molecule has 0 spiro atoms. The number of rotatable bonds is 2. The molecule has 1 aromatic heterocycles. The van der Waals surface area contributed by atoms with Crippen molar-refractivity contribution in [1.82, 2.24) is 14.8 Å². The highest BCUT2D eigenvalue weighted by molar-refractivity contribution is 5.43. The summed E-state index contributed by atoms with van der Waals surface area (Å²) < 4.78 is 7.10. The van der Waals surface area contributed by atoms with Gasteiger partial charge in [-0.05, 0) is 37.6 Å². The molecule has 0 bridgehead atoms. The number of nitrogens with one attached hydrogen (secondary N) is 1. The molecular formula is C14H16N4O. The number of hydrogen-bond donors (Lipinski definition) is 1. The van der Waals surface area contributed by atoms with Crippen LogP contribution < -0.4 is 10.1 Å². The van der Waals surface area contributed by atoms with Gasteiger partial charge >= 0.3 is 0 Å². The first-order valence-electron chi connectivity index (χ1n) is 6.20. The molecule has 19 heavy (non-hydrogen) atoms. The average molecular weight is 256 g/mol. The fourth-order valence-corrected chi connectivity index (χ4v) is 2.27. The van der Waals surface area contributed by atoms with Crippen molar-refractivity contribution < 1.29 is 4.74 Å². The Hall–Kier alpha value is -2.30. The van der Waals surface area contributed by atoms with E-state index < -0.39 is 0 Å². The molecular weight excluding hydrogens is 240 g/mol. The van der Waals surface area contributed by atoms with Gasteiger partial charge in [-0.2, -0.15) is 10.1 Å². The van der Waals surface area contributed by atoms with Crippen molar-refractivity contribution in [2.75, 3.05) is 12.4 Å². The van der Waals surface area contributed by atoms with Crippen LogP contribution in [-0.2, 0) is 0 Å². The van der Waals surface area contributed by atoms with E-state index in [0.717, 1.165) is 28.8 Å². The number of aryl methyl sites for hydroxylation is 1. The normalized spacial score (nSPS) is 17.4. The van der Waals surface area contributed by atoms with Crippen molar-refractivity contribution >= 4 is 5.95 Å². The predicted octanol–water partition coefficient (Wildman–Crippen LogP) is 2.51. The largest absolute Gasteiger partial charge is 0.497 e. The molecule has 0 saturated carbocycles. The zero-order valence-electron chi connectivity index (χ0n) is 11.2. The third-order valence-corrected chi connectivity index (χ3v) is 3.17.